The molecule has 0 atom stereocenters. The summed E-state index contributed by atoms with van der Waals surface area (Å²) in [5.41, 5.74) is 1.42. The van der Waals surface area contributed by atoms with Gasteiger partial charge in [-0.25, -0.2) is 4.39 Å². The molecule has 1 aliphatic rings. The standard InChI is InChI=1S/C15H17FN2/c16-15-12-14(8-7-13(15)6-5-9-17)18-10-3-1-2-4-11-18/h5-8,12H,1-4,10-11H2/b6-5+. The highest BCUT2D eigenvalue weighted by Crippen LogP contribution is 2.22. The van der Waals surface area contributed by atoms with Crippen molar-refractivity contribution in [1.29, 1.82) is 5.26 Å². The van der Waals surface area contributed by atoms with E-state index in [4.69, 9.17) is 5.26 Å². The number of anilines is 1. The van der Waals surface area contributed by atoms with Gasteiger partial charge >= 0.3 is 0 Å². The Morgan fingerprint density at radius 3 is 2.50 bits per heavy atom. The van der Waals surface area contributed by atoms with E-state index in [0.717, 1.165) is 18.8 Å². The summed E-state index contributed by atoms with van der Waals surface area (Å²) in [5.74, 6) is -0.261. The second kappa shape index (κ2) is 6.20. The minimum Gasteiger partial charge on any atom is -0.371 e. The maximum atomic E-state index is 13.8. The molecule has 2 rings (SSSR count). The van der Waals surface area contributed by atoms with Gasteiger partial charge in [0.1, 0.15) is 5.82 Å². The Morgan fingerprint density at radius 2 is 1.89 bits per heavy atom. The highest BCUT2D eigenvalue weighted by Gasteiger charge is 2.11. The summed E-state index contributed by atoms with van der Waals surface area (Å²) in [5, 5.41) is 8.44. The van der Waals surface area contributed by atoms with Gasteiger partial charge in [-0.3, -0.25) is 0 Å². The molecule has 0 radical (unpaired) electrons. The van der Waals surface area contributed by atoms with Gasteiger partial charge in [0.05, 0.1) is 6.07 Å². The molecule has 3 heteroatoms. The van der Waals surface area contributed by atoms with E-state index in [1.807, 2.05) is 12.1 Å². The molecule has 1 aliphatic heterocycles. The Morgan fingerprint density at radius 1 is 1.17 bits per heavy atom. The van der Waals surface area contributed by atoms with E-state index in [9.17, 15) is 4.39 Å². The molecule has 0 bridgehead atoms. The molecule has 1 aromatic rings. The molecule has 0 aromatic heterocycles. The van der Waals surface area contributed by atoms with Gasteiger partial charge in [0.2, 0.25) is 0 Å². The van der Waals surface area contributed by atoms with Crippen molar-refractivity contribution in [2.75, 3.05) is 18.0 Å². The Kier molecular flexibility index (Phi) is 4.35. The zero-order valence-corrected chi connectivity index (χ0v) is 10.4. The van der Waals surface area contributed by atoms with E-state index in [1.54, 1.807) is 12.1 Å². The van der Waals surface area contributed by atoms with Crippen LogP contribution in [0.1, 0.15) is 31.2 Å². The van der Waals surface area contributed by atoms with Crippen LogP contribution in [0.25, 0.3) is 6.08 Å². The maximum absolute atomic E-state index is 13.8. The fourth-order valence-electron chi connectivity index (χ4n) is 2.30. The number of allylic oxidation sites excluding steroid dienone is 1. The summed E-state index contributed by atoms with van der Waals surface area (Å²) in [6, 6.07) is 7.12. The third-order valence-corrected chi connectivity index (χ3v) is 3.29. The third-order valence-electron chi connectivity index (χ3n) is 3.29. The van der Waals surface area contributed by atoms with Crippen molar-refractivity contribution in [2.45, 2.75) is 25.7 Å². The molecule has 18 heavy (non-hydrogen) atoms. The minimum absolute atomic E-state index is 0.261. The second-order valence-corrected chi connectivity index (χ2v) is 4.57. The topological polar surface area (TPSA) is 27.0 Å². The molecule has 0 amide bonds. The molecule has 1 aromatic carbocycles. The van der Waals surface area contributed by atoms with Crippen molar-refractivity contribution in [3.05, 3.63) is 35.7 Å². The summed E-state index contributed by atoms with van der Waals surface area (Å²) < 4.78 is 13.8. The van der Waals surface area contributed by atoms with Crippen LogP contribution in [-0.4, -0.2) is 13.1 Å². The van der Waals surface area contributed by atoms with Gasteiger partial charge < -0.3 is 4.90 Å². The normalized spacial score (nSPS) is 16.6. The monoisotopic (exact) mass is 244 g/mol. The maximum Gasteiger partial charge on any atom is 0.132 e. The molecule has 94 valence electrons. The van der Waals surface area contributed by atoms with Gasteiger partial charge in [-0.05, 0) is 37.1 Å². The number of nitriles is 1. The number of halogens is 1. The van der Waals surface area contributed by atoms with E-state index < -0.39 is 0 Å². The first-order valence-electron chi connectivity index (χ1n) is 6.42. The molecule has 0 N–H and O–H groups in total. The molecular weight excluding hydrogens is 227 g/mol. The Hall–Kier alpha value is -1.82. The first-order chi connectivity index (χ1) is 8.81. The molecule has 0 aliphatic carbocycles. The molecule has 2 nitrogen and oxygen atoms in total. The van der Waals surface area contributed by atoms with Gasteiger partial charge in [-0.2, -0.15) is 5.26 Å². The van der Waals surface area contributed by atoms with Crippen LogP contribution in [0.2, 0.25) is 0 Å². The van der Waals surface area contributed by atoms with E-state index in [2.05, 4.69) is 4.90 Å². The van der Waals surface area contributed by atoms with Crippen molar-refractivity contribution in [1.82, 2.24) is 0 Å². The van der Waals surface area contributed by atoms with E-state index in [1.165, 1.54) is 37.8 Å². The molecule has 1 fully saturated rings. The molecule has 1 saturated heterocycles. The van der Waals surface area contributed by atoms with Crippen molar-refractivity contribution < 1.29 is 4.39 Å². The number of benzene rings is 1. The van der Waals surface area contributed by atoms with Crippen LogP contribution in [0.5, 0.6) is 0 Å². The fourth-order valence-corrected chi connectivity index (χ4v) is 2.30. The van der Waals surface area contributed by atoms with Crippen LogP contribution in [0.15, 0.2) is 24.3 Å². The zero-order valence-electron chi connectivity index (χ0n) is 10.4. The zero-order chi connectivity index (χ0) is 12.8. The summed E-state index contributed by atoms with van der Waals surface area (Å²) in [7, 11) is 0. The second-order valence-electron chi connectivity index (χ2n) is 4.57. The molecule has 0 unspecified atom stereocenters. The molecular formula is C15H17FN2. The third kappa shape index (κ3) is 3.10. The van der Waals surface area contributed by atoms with Crippen LogP contribution >= 0.6 is 0 Å². The lowest BCUT2D eigenvalue weighted by Gasteiger charge is -2.22. The quantitative estimate of drug-likeness (QED) is 0.741. The summed E-state index contributed by atoms with van der Waals surface area (Å²) >= 11 is 0. The van der Waals surface area contributed by atoms with Crippen molar-refractivity contribution in [3.63, 3.8) is 0 Å². The first kappa shape index (κ1) is 12.6. The molecule has 0 spiro atoms. The highest BCUT2D eigenvalue weighted by atomic mass is 19.1. The number of hydrogen-bond donors (Lipinski definition) is 0. The average molecular weight is 244 g/mol. The van der Waals surface area contributed by atoms with Gasteiger partial charge in [0.15, 0.2) is 0 Å². The summed E-state index contributed by atoms with van der Waals surface area (Å²) in [6.45, 7) is 2.01. The molecule has 0 saturated carbocycles. The van der Waals surface area contributed by atoms with Crippen molar-refractivity contribution in [3.8, 4) is 6.07 Å². The lowest BCUT2D eigenvalue weighted by atomic mass is 10.1. The first-order valence-corrected chi connectivity index (χ1v) is 6.42. The summed E-state index contributed by atoms with van der Waals surface area (Å²) in [6.07, 6.45) is 7.69. The van der Waals surface area contributed by atoms with Crippen LogP contribution in [0, 0.1) is 17.1 Å². The van der Waals surface area contributed by atoms with Crippen LogP contribution < -0.4 is 4.90 Å². The molecule has 1 heterocycles. The van der Waals surface area contributed by atoms with Crippen molar-refractivity contribution >= 4 is 11.8 Å². The largest absolute Gasteiger partial charge is 0.371 e. The number of hydrogen-bond acceptors (Lipinski definition) is 2. The van der Waals surface area contributed by atoms with Crippen molar-refractivity contribution in [2.24, 2.45) is 0 Å². The SMILES string of the molecule is N#C/C=C/c1ccc(N2CCCCCC2)cc1F. The predicted molar refractivity (Wildman–Crippen MR) is 71.7 cm³/mol. The predicted octanol–water partition coefficient (Wildman–Crippen LogP) is 3.74. The van der Waals surface area contributed by atoms with Gasteiger partial charge in [0, 0.05) is 30.4 Å². The highest BCUT2D eigenvalue weighted by molar-refractivity contribution is 5.58. The fraction of sp³-hybridized carbons (Fsp3) is 0.400. The Bertz CT molecular complexity index is 466. The smallest absolute Gasteiger partial charge is 0.132 e. The van der Waals surface area contributed by atoms with Gasteiger partial charge in [-0.15, -0.1) is 0 Å². The Balaban J connectivity index is 2.17. The van der Waals surface area contributed by atoms with Gasteiger partial charge in [-0.1, -0.05) is 12.8 Å². The lowest BCUT2D eigenvalue weighted by molar-refractivity contribution is 0.623. The van der Waals surface area contributed by atoms with E-state index in [-0.39, 0.29) is 5.82 Å². The summed E-state index contributed by atoms with van der Waals surface area (Å²) in [4.78, 5) is 2.24. The van der Waals surface area contributed by atoms with Crippen LogP contribution in [0.3, 0.4) is 0 Å². The van der Waals surface area contributed by atoms with Crippen LogP contribution in [0.4, 0.5) is 10.1 Å². The average Bonchev–Trinajstić information content (AvgIpc) is 2.66. The minimum atomic E-state index is -0.261. The van der Waals surface area contributed by atoms with E-state index in [0.29, 0.717) is 5.56 Å². The van der Waals surface area contributed by atoms with Crippen LogP contribution in [-0.2, 0) is 0 Å². The van der Waals surface area contributed by atoms with E-state index >= 15 is 0 Å². The number of rotatable bonds is 2. The Labute approximate surface area is 107 Å². The lowest BCUT2D eigenvalue weighted by Crippen LogP contribution is -2.23. The number of nitrogens with zero attached hydrogens (tertiary/aromatic N) is 2. The van der Waals surface area contributed by atoms with Gasteiger partial charge in [0.25, 0.3) is 0 Å².